The number of hydrogen-bond donors (Lipinski definition) is 2. The van der Waals surface area contributed by atoms with Crippen molar-refractivity contribution in [3.63, 3.8) is 0 Å². The maximum absolute atomic E-state index is 13.2. The first-order valence-electron chi connectivity index (χ1n) is 5.15. The maximum atomic E-state index is 13.2. The number of halogens is 3. The SMILES string of the molecule is Nc1cc(C(=O)Nc2ccc(F)nc2)c(Br)cc1F. The molecule has 1 aromatic heterocycles. The fourth-order valence-electron chi connectivity index (χ4n) is 1.39. The Morgan fingerprint density at radius 3 is 2.68 bits per heavy atom. The Balaban J connectivity index is 2.25. The van der Waals surface area contributed by atoms with E-state index in [4.69, 9.17) is 5.73 Å². The van der Waals surface area contributed by atoms with Gasteiger partial charge in [0, 0.05) is 4.47 Å². The zero-order valence-corrected chi connectivity index (χ0v) is 11.0. The largest absolute Gasteiger partial charge is 0.396 e. The minimum Gasteiger partial charge on any atom is -0.396 e. The fourth-order valence-corrected chi connectivity index (χ4v) is 1.88. The number of nitrogens with two attached hydrogens (primary N) is 1. The summed E-state index contributed by atoms with van der Waals surface area (Å²) in [7, 11) is 0. The Hall–Kier alpha value is -2.02. The summed E-state index contributed by atoms with van der Waals surface area (Å²) in [5, 5.41) is 2.50. The molecule has 1 heterocycles. The van der Waals surface area contributed by atoms with Crippen molar-refractivity contribution in [2.24, 2.45) is 0 Å². The molecule has 0 atom stereocenters. The summed E-state index contributed by atoms with van der Waals surface area (Å²) < 4.78 is 26.0. The van der Waals surface area contributed by atoms with Crippen LogP contribution in [0.1, 0.15) is 10.4 Å². The lowest BCUT2D eigenvalue weighted by Crippen LogP contribution is -2.13. The van der Waals surface area contributed by atoms with Gasteiger partial charge in [-0.25, -0.2) is 9.37 Å². The molecule has 0 spiro atoms. The van der Waals surface area contributed by atoms with Gasteiger partial charge in [0.25, 0.3) is 5.91 Å². The summed E-state index contributed by atoms with van der Waals surface area (Å²) in [5.41, 5.74) is 5.76. The number of nitrogens with zero attached hydrogens (tertiary/aromatic N) is 1. The molecular formula is C12H8BrF2N3O. The smallest absolute Gasteiger partial charge is 0.256 e. The van der Waals surface area contributed by atoms with E-state index in [1.807, 2.05) is 0 Å². The molecule has 3 N–H and O–H groups in total. The maximum Gasteiger partial charge on any atom is 0.256 e. The van der Waals surface area contributed by atoms with E-state index >= 15 is 0 Å². The minimum absolute atomic E-state index is 0.134. The quantitative estimate of drug-likeness (QED) is 0.658. The summed E-state index contributed by atoms with van der Waals surface area (Å²) in [6, 6.07) is 4.80. The Bertz CT molecular complexity index is 632. The van der Waals surface area contributed by atoms with Gasteiger partial charge < -0.3 is 11.1 Å². The van der Waals surface area contributed by atoms with E-state index in [0.717, 1.165) is 12.1 Å². The Labute approximate surface area is 115 Å². The third kappa shape index (κ3) is 3.05. The van der Waals surface area contributed by atoms with Gasteiger partial charge in [0.05, 0.1) is 23.1 Å². The van der Waals surface area contributed by atoms with Crippen LogP contribution in [0.25, 0.3) is 0 Å². The molecule has 0 fully saturated rings. The van der Waals surface area contributed by atoms with Gasteiger partial charge in [-0.15, -0.1) is 0 Å². The number of benzene rings is 1. The van der Waals surface area contributed by atoms with E-state index in [9.17, 15) is 13.6 Å². The molecule has 0 saturated carbocycles. The number of rotatable bonds is 2. The van der Waals surface area contributed by atoms with E-state index < -0.39 is 17.7 Å². The molecule has 1 aromatic carbocycles. The summed E-state index contributed by atoms with van der Waals surface area (Å²) in [6.07, 6.45) is 1.17. The van der Waals surface area contributed by atoms with Gasteiger partial charge in [0.2, 0.25) is 5.95 Å². The molecule has 7 heteroatoms. The van der Waals surface area contributed by atoms with Gasteiger partial charge in [-0.2, -0.15) is 4.39 Å². The number of carbonyl (C=O) groups excluding carboxylic acids is 1. The summed E-state index contributed by atoms with van der Waals surface area (Å²) >= 11 is 3.07. The van der Waals surface area contributed by atoms with Crippen LogP contribution in [0.3, 0.4) is 0 Å². The first-order chi connectivity index (χ1) is 8.97. The highest BCUT2D eigenvalue weighted by molar-refractivity contribution is 9.10. The lowest BCUT2D eigenvalue weighted by Gasteiger charge is -2.08. The standard InChI is InChI=1S/C12H8BrF2N3O/c13-8-4-9(14)10(16)3-7(8)12(19)18-6-1-2-11(15)17-5-6/h1-5H,16H2,(H,18,19). The van der Waals surface area contributed by atoms with E-state index in [1.165, 1.54) is 18.3 Å². The molecule has 1 amide bonds. The molecule has 0 aliphatic heterocycles. The molecule has 0 aliphatic carbocycles. The minimum atomic E-state index is -0.648. The summed E-state index contributed by atoms with van der Waals surface area (Å²) in [6.45, 7) is 0. The first-order valence-corrected chi connectivity index (χ1v) is 5.94. The number of carbonyl (C=O) groups is 1. The molecular weight excluding hydrogens is 320 g/mol. The second-order valence-electron chi connectivity index (χ2n) is 3.68. The highest BCUT2D eigenvalue weighted by Gasteiger charge is 2.13. The van der Waals surface area contributed by atoms with Crippen molar-refractivity contribution >= 4 is 33.2 Å². The van der Waals surface area contributed by atoms with E-state index in [-0.39, 0.29) is 15.7 Å². The van der Waals surface area contributed by atoms with Crippen molar-refractivity contribution in [2.75, 3.05) is 11.1 Å². The monoisotopic (exact) mass is 327 g/mol. The number of aromatic nitrogens is 1. The first kappa shape index (κ1) is 13.4. The summed E-state index contributed by atoms with van der Waals surface area (Å²) in [4.78, 5) is 15.3. The van der Waals surface area contributed by atoms with Crippen LogP contribution < -0.4 is 11.1 Å². The van der Waals surface area contributed by atoms with Crippen LogP contribution in [0.2, 0.25) is 0 Å². The van der Waals surface area contributed by atoms with Gasteiger partial charge >= 0.3 is 0 Å². The molecule has 0 aliphatic rings. The van der Waals surface area contributed by atoms with Gasteiger partial charge in [-0.05, 0) is 40.2 Å². The molecule has 0 unspecified atom stereocenters. The van der Waals surface area contributed by atoms with Crippen molar-refractivity contribution in [1.29, 1.82) is 0 Å². The normalized spacial score (nSPS) is 10.3. The van der Waals surface area contributed by atoms with Crippen molar-refractivity contribution in [1.82, 2.24) is 4.98 Å². The topological polar surface area (TPSA) is 68.0 Å². The Morgan fingerprint density at radius 1 is 1.32 bits per heavy atom. The lowest BCUT2D eigenvalue weighted by molar-refractivity contribution is 0.102. The second kappa shape index (κ2) is 5.31. The highest BCUT2D eigenvalue weighted by Crippen LogP contribution is 2.23. The molecule has 2 aromatic rings. The fraction of sp³-hybridized carbons (Fsp3) is 0. The molecule has 19 heavy (non-hydrogen) atoms. The Morgan fingerprint density at radius 2 is 2.05 bits per heavy atom. The lowest BCUT2D eigenvalue weighted by atomic mass is 10.2. The summed E-state index contributed by atoms with van der Waals surface area (Å²) in [5.74, 6) is -1.77. The number of pyridine rings is 1. The van der Waals surface area contributed by atoms with Gasteiger partial charge in [0.15, 0.2) is 0 Å². The predicted molar refractivity (Wildman–Crippen MR) is 70.7 cm³/mol. The highest BCUT2D eigenvalue weighted by atomic mass is 79.9. The van der Waals surface area contributed by atoms with Crippen LogP contribution in [0, 0.1) is 11.8 Å². The number of hydrogen-bond acceptors (Lipinski definition) is 3. The van der Waals surface area contributed by atoms with Crippen LogP contribution in [-0.2, 0) is 0 Å². The zero-order chi connectivity index (χ0) is 14.0. The van der Waals surface area contributed by atoms with Crippen molar-refractivity contribution in [3.05, 3.63) is 52.3 Å². The van der Waals surface area contributed by atoms with Crippen LogP contribution in [0.15, 0.2) is 34.9 Å². The number of amides is 1. The van der Waals surface area contributed by atoms with Gasteiger partial charge in [0.1, 0.15) is 5.82 Å². The van der Waals surface area contributed by atoms with E-state index in [0.29, 0.717) is 5.69 Å². The van der Waals surface area contributed by atoms with Crippen LogP contribution in [0.4, 0.5) is 20.2 Å². The van der Waals surface area contributed by atoms with Crippen LogP contribution in [0.5, 0.6) is 0 Å². The van der Waals surface area contributed by atoms with Crippen molar-refractivity contribution < 1.29 is 13.6 Å². The molecule has 0 bridgehead atoms. The van der Waals surface area contributed by atoms with E-state index in [2.05, 4.69) is 26.2 Å². The van der Waals surface area contributed by atoms with Crippen molar-refractivity contribution in [2.45, 2.75) is 0 Å². The molecule has 4 nitrogen and oxygen atoms in total. The van der Waals surface area contributed by atoms with Crippen LogP contribution >= 0.6 is 15.9 Å². The molecule has 0 saturated heterocycles. The third-order valence-electron chi connectivity index (χ3n) is 2.32. The molecule has 2 rings (SSSR count). The van der Waals surface area contributed by atoms with Crippen molar-refractivity contribution in [3.8, 4) is 0 Å². The van der Waals surface area contributed by atoms with Crippen LogP contribution in [-0.4, -0.2) is 10.9 Å². The molecule has 98 valence electrons. The van der Waals surface area contributed by atoms with Gasteiger partial charge in [-0.1, -0.05) is 0 Å². The van der Waals surface area contributed by atoms with E-state index in [1.54, 1.807) is 0 Å². The number of anilines is 2. The predicted octanol–water partition coefficient (Wildman–Crippen LogP) is 2.96. The number of nitrogens with one attached hydrogen (secondary N) is 1. The second-order valence-corrected chi connectivity index (χ2v) is 4.53. The number of nitrogen functional groups attached to an aromatic ring is 1. The average molecular weight is 328 g/mol. The van der Waals surface area contributed by atoms with Gasteiger partial charge in [-0.3, -0.25) is 4.79 Å². The Kier molecular flexibility index (Phi) is 3.75. The molecule has 0 radical (unpaired) electrons. The zero-order valence-electron chi connectivity index (χ0n) is 9.45. The third-order valence-corrected chi connectivity index (χ3v) is 2.97. The average Bonchev–Trinajstić information content (AvgIpc) is 2.36.